The molecule has 98 valence electrons. The molecule has 3 amide bonds. The zero-order valence-electron chi connectivity index (χ0n) is 11.0. The SMILES string of the molecule is CC(C)C[N+]1=C(N)N=C2C1C(=O)N(C)C(=O)N2C. The van der Waals surface area contributed by atoms with Gasteiger partial charge in [0.25, 0.3) is 5.91 Å². The van der Waals surface area contributed by atoms with E-state index in [9.17, 15) is 9.59 Å². The van der Waals surface area contributed by atoms with E-state index in [2.05, 4.69) is 4.99 Å². The Labute approximate surface area is 106 Å². The van der Waals surface area contributed by atoms with Crippen molar-refractivity contribution >= 4 is 23.7 Å². The van der Waals surface area contributed by atoms with Crippen LogP contribution in [-0.2, 0) is 4.79 Å². The highest BCUT2D eigenvalue weighted by atomic mass is 16.2. The molecule has 0 spiro atoms. The van der Waals surface area contributed by atoms with Gasteiger partial charge in [0.2, 0.25) is 11.9 Å². The average molecular weight is 252 g/mol. The number of carbonyl (C=O) groups excluding carboxylic acids is 2. The van der Waals surface area contributed by atoms with Gasteiger partial charge in [0.1, 0.15) is 0 Å². The summed E-state index contributed by atoms with van der Waals surface area (Å²) in [6.45, 7) is 4.71. The molecule has 0 radical (unpaired) electrons. The number of nitrogens with two attached hydrogens (primary N) is 1. The molecule has 7 heteroatoms. The maximum atomic E-state index is 12.2. The van der Waals surface area contributed by atoms with Gasteiger partial charge in [-0.25, -0.2) is 9.37 Å². The van der Waals surface area contributed by atoms with Crippen molar-refractivity contribution in [2.24, 2.45) is 16.6 Å². The summed E-state index contributed by atoms with van der Waals surface area (Å²) >= 11 is 0. The number of nitrogens with zero attached hydrogens (tertiary/aromatic N) is 4. The Morgan fingerprint density at radius 1 is 1.33 bits per heavy atom. The summed E-state index contributed by atoms with van der Waals surface area (Å²) in [6.07, 6.45) is 0. The third-order valence-electron chi connectivity index (χ3n) is 3.12. The summed E-state index contributed by atoms with van der Waals surface area (Å²) in [7, 11) is 3.07. The van der Waals surface area contributed by atoms with Crippen molar-refractivity contribution in [3.05, 3.63) is 0 Å². The normalized spacial score (nSPS) is 24.1. The van der Waals surface area contributed by atoms with Gasteiger partial charge in [0.05, 0.1) is 6.54 Å². The number of amides is 3. The first-order chi connectivity index (χ1) is 8.34. The molecule has 0 aliphatic carbocycles. The Balaban J connectivity index is 2.40. The number of guanidine groups is 1. The molecule has 2 heterocycles. The number of hydrogen-bond acceptors (Lipinski definition) is 4. The van der Waals surface area contributed by atoms with Crippen LogP contribution in [0.1, 0.15) is 13.8 Å². The lowest BCUT2D eigenvalue weighted by molar-refractivity contribution is -0.541. The summed E-state index contributed by atoms with van der Waals surface area (Å²) in [5, 5.41) is 0. The monoisotopic (exact) mass is 252 g/mol. The van der Waals surface area contributed by atoms with Gasteiger partial charge in [-0.05, 0) is 5.92 Å². The smallest absolute Gasteiger partial charge is 0.288 e. The van der Waals surface area contributed by atoms with Gasteiger partial charge in [-0.2, -0.15) is 0 Å². The van der Waals surface area contributed by atoms with Crippen molar-refractivity contribution in [1.29, 1.82) is 0 Å². The van der Waals surface area contributed by atoms with Gasteiger partial charge in [-0.3, -0.25) is 20.3 Å². The molecular weight excluding hydrogens is 234 g/mol. The van der Waals surface area contributed by atoms with Crippen LogP contribution in [0.15, 0.2) is 4.99 Å². The molecule has 1 unspecified atom stereocenters. The summed E-state index contributed by atoms with van der Waals surface area (Å²) < 4.78 is 1.75. The number of amidine groups is 1. The van der Waals surface area contributed by atoms with Crippen molar-refractivity contribution in [2.75, 3.05) is 20.6 Å². The fraction of sp³-hybridized carbons (Fsp3) is 0.636. The fourth-order valence-electron chi connectivity index (χ4n) is 2.21. The van der Waals surface area contributed by atoms with E-state index < -0.39 is 6.04 Å². The molecule has 1 saturated heterocycles. The Morgan fingerprint density at radius 2 is 1.94 bits per heavy atom. The maximum Gasteiger partial charge on any atom is 0.387 e. The van der Waals surface area contributed by atoms with Crippen molar-refractivity contribution in [3.63, 3.8) is 0 Å². The van der Waals surface area contributed by atoms with E-state index in [1.54, 1.807) is 11.6 Å². The second-order valence-corrected chi connectivity index (χ2v) is 5.02. The molecule has 1 atom stereocenters. The first-order valence-corrected chi connectivity index (χ1v) is 5.87. The number of imide groups is 1. The zero-order chi connectivity index (χ0) is 13.6. The van der Waals surface area contributed by atoms with Crippen LogP contribution in [0.4, 0.5) is 4.79 Å². The Kier molecular flexibility index (Phi) is 2.84. The van der Waals surface area contributed by atoms with Crippen molar-refractivity contribution < 1.29 is 14.2 Å². The molecule has 2 aliphatic rings. The van der Waals surface area contributed by atoms with E-state index in [4.69, 9.17) is 5.73 Å². The summed E-state index contributed by atoms with van der Waals surface area (Å²) in [5.41, 5.74) is 5.85. The molecule has 2 rings (SSSR count). The number of fused-ring (bicyclic) bond motifs is 1. The van der Waals surface area contributed by atoms with Gasteiger partial charge < -0.3 is 0 Å². The Morgan fingerprint density at radius 3 is 2.50 bits per heavy atom. The third kappa shape index (κ3) is 1.66. The number of aliphatic imine (C=N–C) groups is 1. The summed E-state index contributed by atoms with van der Waals surface area (Å²) in [6, 6.07) is -0.950. The van der Waals surface area contributed by atoms with E-state index in [1.807, 2.05) is 13.8 Å². The minimum Gasteiger partial charge on any atom is -0.288 e. The van der Waals surface area contributed by atoms with Gasteiger partial charge in [-0.15, -0.1) is 0 Å². The highest BCUT2D eigenvalue weighted by Gasteiger charge is 2.50. The Bertz CT molecular complexity index is 480. The molecule has 0 aromatic rings. The highest BCUT2D eigenvalue weighted by molar-refractivity contribution is 6.22. The number of carbonyl (C=O) groups is 2. The topological polar surface area (TPSA) is 82.0 Å². The molecule has 1 fully saturated rings. The van der Waals surface area contributed by atoms with Crippen LogP contribution in [0.5, 0.6) is 0 Å². The van der Waals surface area contributed by atoms with Crippen molar-refractivity contribution in [1.82, 2.24) is 9.80 Å². The number of likely N-dealkylation sites (N-methyl/N-ethyl adjacent to an activating group) is 2. The van der Waals surface area contributed by atoms with E-state index >= 15 is 0 Å². The summed E-state index contributed by atoms with van der Waals surface area (Å²) in [4.78, 5) is 30.6. The van der Waals surface area contributed by atoms with E-state index in [-0.39, 0.29) is 11.9 Å². The minimum absolute atomic E-state index is 0.280. The van der Waals surface area contributed by atoms with Crippen LogP contribution in [-0.4, -0.2) is 64.8 Å². The van der Waals surface area contributed by atoms with Gasteiger partial charge >= 0.3 is 12.0 Å². The predicted octanol–water partition coefficient (Wildman–Crippen LogP) is -0.726. The molecule has 0 aromatic heterocycles. The summed E-state index contributed by atoms with van der Waals surface area (Å²) in [5.74, 6) is 0.783. The van der Waals surface area contributed by atoms with Crippen LogP contribution in [0.25, 0.3) is 0 Å². The minimum atomic E-state index is -0.569. The number of rotatable bonds is 2. The quantitative estimate of drug-likeness (QED) is 0.658. The third-order valence-corrected chi connectivity index (χ3v) is 3.12. The molecule has 18 heavy (non-hydrogen) atoms. The molecule has 2 aliphatic heterocycles. The molecule has 2 N–H and O–H groups in total. The van der Waals surface area contributed by atoms with E-state index in [0.29, 0.717) is 24.3 Å². The van der Waals surface area contributed by atoms with Crippen LogP contribution in [0, 0.1) is 5.92 Å². The van der Waals surface area contributed by atoms with Crippen molar-refractivity contribution in [3.8, 4) is 0 Å². The molecule has 7 nitrogen and oxygen atoms in total. The lowest BCUT2D eigenvalue weighted by Crippen LogP contribution is -2.61. The second kappa shape index (κ2) is 4.08. The lowest BCUT2D eigenvalue weighted by atomic mass is 10.1. The van der Waals surface area contributed by atoms with E-state index in [0.717, 1.165) is 4.90 Å². The second-order valence-electron chi connectivity index (χ2n) is 5.02. The molecule has 0 bridgehead atoms. The number of urea groups is 1. The molecule has 0 aromatic carbocycles. The van der Waals surface area contributed by atoms with E-state index in [1.165, 1.54) is 11.9 Å². The average Bonchev–Trinajstić information content (AvgIpc) is 2.61. The predicted molar refractivity (Wildman–Crippen MR) is 66.3 cm³/mol. The Hall–Kier alpha value is -1.92. The van der Waals surface area contributed by atoms with Crippen LogP contribution in [0.3, 0.4) is 0 Å². The zero-order valence-corrected chi connectivity index (χ0v) is 11.0. The largest absolute Gasteiger partial charge is 0.387 e. The fourth-order valence-corrected chi connectivity index (χ4v) is 2.21. The highest BCUT2D eigenvalue weighted by Crippen LogP contribution is 2.18. The lowest BCUT2D eigenvalue weighted by Gasteiger charge is -2.32. The maximum absolute atomic E-state index is 12.2. The van der Waals surface area contributed by atoms with Crippen LogP contribution < -0.4 is 5.73 Å². The van der Waals surface area contributed by atoms with Crippen LogP contribution in [0.2, 0.25) is 0 Å². The van der Waals surface area contributed by atoms with Gasteiger partial charge in [0, 0.05) is 14.1 Å². The van der Waals surface area contributed by atoms with Gasteiger partial charge in [-0.1, -0.05) is 18.8 Å². The van der Waals surface area contributed by atoms with Gasteiger partial charge in [0.15, 0.2) is 0 Å². The number of hydrogen-bond donors (Lipinski definition) is 1. The van der Waals surface area contributed by atoms with Crippen molar-refractivity contribution in [2.45, 2.75) is 19.9 Å². The molecular formula is C11H18N5O2+. The standard InChI is InChI=1S/C11H17N5O2/c1-6(2)5-16-7-8(13-10(16)12)14(3)11(18)15(4)9(7)17/h6-7,12H,5H2,1-4H3/p+1. The van der Waals surface area contributed by atoms with Crippen LogP contribution >= 0.6 is 0 Å². The molecule has 0 saturated carbocycles. The first-order valence-electron chi connectivity index (χ1n) is 5.87. The first kappa shape index (κ1) is 12.5.